The summed E-state index contributed by atoms with van der Waals surface area (Å²) < 4.78 is 41.7. The van der Waals surface area contributed by atoms with Gasteiger partial charge in [-0.1, -0.05) is 0 Å². The van der Waals surface area contributed by atoms with Crippen molar-refractivity contribution in [3.05, 3.63) is 24.5 Å². The molecule has 1 atom stereocenters. The lowest BCUT2D eigenvalue weighted by molar-refractivity contribution is -0.219. The van der Waals surface area contributed by atoms with Crippen LogP contribution in [-0.4, -0.2) is 43.0 Å². The van der Waals surface area contributed by atoms with Crippen LogP contribution in [0.2, 0.25) is 0 Å². The molecule has 5 nitrogen and oxygen atoms in total. The van der Waals surface area contributed by atoms with Gasteiger partial charge in [0.15, 0.2) is 6.23 Å². The zero-order valence-electron chi connectivity index (χ0n) is 10.4. The molecule has 0 aliphatic carbocycles. The van der Waals surface area contributed by atoms with Crippen molar-refractivity contribution in [3.8, 4) is 0 Å². The Morgan fingerprint density at radius 3 is 2.75 bits per heavy atom. The number of halogens is 3. The van der Waals surface area contributed by atoms with E-state index in [1.807, 2.05) is 0 Å². The average molecular weight is 287 g/mol. The number of carbonyl (C=O) groups excluding carboxylic acids is 1. The van der Waals surface area contributed by atoms with Crippen LogP contribution in [0.3, 0.4) is 0 Å². The Morgan fingerprint density at radius 2 is 2.25 bits per heavy atom. The summed E-state index contributed by atoms with van der Waals surface area (Å²) in [5, 5.41) is 3.00. The monoisotopic (exact) mass is 287 g/mol. The molecule has 1 aromatic rings. The third-order valence-electron chi connectivity index (χ3n) is 3.67. The number of esters is 1. The number of nitrogens with one attached hydrogen (secondary N) is 1. The minimum Gasteiger partial charge on any atom is -0.434 e. The first-order valence-electron chi connectivity index (χ1n) is 6.08. The van der Waals surface area contributed by atoms with Crippen molar-refractivity contribution < 1.29 is 22.7 Å². The molecule has 1 unspecified atom stereocenters. The highest BCUT2D eigenvalue weighted by molar-refractivity contribution is 5.76. The normalized spacial score (nSPS) is 23.9. The Balaban J connectivity index is 1.78. The fraction of sp³-hybridized carbons (Fsp3) is 0.500. The first-order valence-corrected chi connectivity index (χ1v) is 6.08. The summed E-state index contributed by atoms with van der Waals surface area (Å²) in [6.45, 7) is 1.63. The van der Waals surface area contributed by atoms with Gasteiger partial charge in [0, 0.05) is 25.8 Å². The lowest BCUT2D eigenvalue weighted by Crippen LogP contribution is -2.78. The van der Waals surface area contributed by atoms with Crippen molar-refractivity contribution in [3.63, 3.8) is 0 Å². The fourth-order valence-electron chi connectivity index (χ4n) is 2.56. The molecule has 0 amide bonds. The van der Waals surface area contributed by atoms with Crippen LogP contribution < -0.4 is 10.2 Å². The Bertz CT molecular complexity index is 516. The van der Waals surface area contributed by atoms with Gasteiger partial charge in [0.25, 0.3) is 0 Å². The van der Waals surface area contributed by atoms with Crippen LogP contribution in [0.15, 0.2) is 24.5 Å². The summed E-state index contributed by atoms with van der Waals surface area (Å²) in [5.74, 6) is -2.15. The maximum Gasteiger partial charge on any atom is 0.491 e. The minimum atomic E-state index is -4.98. The number of hydrogen-bond donors (Lipinski definition) is 1. The van der Waals surface area contributed by atoms with Gasteiger partial charge in [0.1, 0.15) is 0 Å². The summed E-state index contributed by atoms with van der Waals surface area (Å²) in [6, 6.07) is 3.41. The Hall–Kier alpha value is -1.83. The highest BCUT2D eigenvalue weighted by Gasteiger charge is 2.60. The molecule has 0 bridgehead atoms. The number of aromatic nitrogens is 1. The van der Waals surface area contributed by atoms with Crippen molar-refractivity contribution in [2.75, 3.05) is 24.5 Å². The molecule has 2 aliphatic rings. The summed E-state index contributed by atoms with van der Waals surface area (Å²) >= 11 is 0. The maximum absolute atomic E-state index is 12.4. The standard InChI is InChI=1S/C12H12F3N3O2/c13-12(14,15)10(19)20-9-11(5-17-6-11)7-18(9)8-2-1-3-16-4-8/h1-4,9,17H,5-7H2. The lowest BCUT2D eigenvalue weighted by Gasteiger charge is -2.61. The SMILES string of the molecule is O=C(OC1N(c2cccnc2)CC12CNC2)C(F)(F)F. The quantitative estimate of drug-likeness (QED) is 0.820. The minimum absolute atomic E-state index is 0.420. The van der Waals surface area contributed by atoms with Crippen molar-refractivity contribution in [2.45, 2.75) is 12.4 Å². The molecule has 3 heterocycles. The molecule has 8 heteroatoms. The van der Waals surface area contributed by atoms with Crippen molar-refractivity contribution in [1.29, 1.82) is 0 Å². The van der Waals surface area contributed by atoms with Crippen LogP contribution in [0, 0.1) is 5.41 Å². The molecule has 2 fully saturated rings. The van der Waals surface area contributed by atoms with Crippen molar-refractivity contribution in [2.24, 2.45) is 5.41 Å². The van der Waals surface area contributed by atoms with E-state index in [0.717, 1.165) is 0 Å². The van der Waals surface area contributed by atoms with Gasteiger partial charge >= 0.3 is 12.1 Å². The van der Waals surface area contributed by atoms with Gasteiger partial charge in [-0.2, -0.15) is 13.2 Å². The molecule has 2 aliphatic heterocycles. The number of hydrogen-bond acceptors (Lipinski definition) is 5. The highest BCUT2D eigenvalue weighted by atomic mass is 19.4. The molecule has 1 aromatic heterocycles. The van der Waals surface area contributed by atoms with Crippen LogP contribution in [0.5, 0.6) is 0 Å². The smallest absolute Gasteiger partial charge is 0.434 e. The number of rotatable bonds is 2. The van der Waals surface area contributed by atoms with E-state index in [1.165, 1.54) is 6.20 Å². The third-order valence-corrected chi connectivity index (χ3v) is 3.67. The largest absolute Gasteiger partial charge is 0.491 e. The summed E-state index contributed by atoms with van der Waals surface area (Å²) in [7, 11) is 0. The molecule has 3 rings (SSSR count). The second-order valence-electron chi connectivity index (χ2n) is 5.06. The van der Waals surface area contributed by atoms with E-state index in [0.29, 0.717) is 25.3 Å². The van der Waals surface area contributed by atoms with E-state index < -0.39 is 23.8 Å². The molecule has 1 N–H and O–H groups in total. The van der Waals surface area contributed by atoms with E-state index >= 15 is 0 Å². The highest BCUT2D eigenvalue weighted by Crippen LogP contribution is 2.44. The Morgan fingerprint density at radius 1 is 1.50 bits per heavy atom. The second-order valence-corrected chi connectivity index (χ2v) is 5.06. The van der Waals surface area contributed by atoms with Gasteiger partial charge in [-0.3, -0.25) is 4.98 Å². The van der Waals surface area contributed by atoms with Crippen LogP contribution in [0.1, 0.15) is 0 Å². The molecule has 1 spiro atoms. The lowest BCUT2D eigenvalue weighted by atomic mass is 9.72. The fourth-order valence-corrected chi connectivity index (χ4v) is 2.56. The number of carbonyl (C=O) groups is 1. The molecule has 20 heavy (non-hydrogen) atoms. The van der Waals surface area contributed by atoms with Crippen molar-refractivity contribution >= 4 is 11.7 Å². The predicted molar refractivity (Wildman–Crippen MR) is 62.8 cm³/mol. The molecule has 2 saturated heterocycles. The summed E-state index contributed by atoms with van der Waals surface area (Å²) in [4.78, 5) is 16.6. The van der Waals surface area contributed by atoms with E-state index in [1.54, 1.807) is 23.2 Å². The van der Waals surface area contributed by atoms with Gasteiger partial charge in [-0.15, -0.1) is 0 Å². The van der Waals surface area contributed by atoms with Crippen LogP contribution >= 0.6 is 0 Å². The van der Waals surface area contributed by atoms with Crippen LogP contribution in [0.25, 0.3) is 0 Å². The molecular weight excluding hydrogens is 275 g/mol. The van der Waals surface area contributed by atoms with E-state index in [4.69, 9.17) is 0 Å². The molecule has 0 saturated carbocycles. The number of ether oxygens (including phenoxy) is 1. The van der Waals surface area contributed by atoms with Gasteiger partial charge in [0.05, 0.1) is 17.3 Å². The zero-order valence-corrected chi connectivity index (χ0v) is 10.4. The number of pyridine rings is 1. The van der Waals surface area contributed by atoms with Gasteiger partial charge in [-0.25, -0.2) is 4.79 Å². The maximum atomic E-state index is 12.4. The predicted octanol–water partition coefficient (Wildman–Crippen LogP) is 0.923. The summed E-state index contributed by atoms with van der Waals surface area (Å²) in [5.41, 5.74) is 0.224. The number of anilines is 1. The second kappa shape index (κ2) is 4.34. The van der Waals surface area contributed by atoms with Crippen LogP contribution in [-0.2, 0) is 9.53 Å². The molecular formula is C12H12F3N3O2. The molecule has 0 radical (unpaired) electrons. The number of nitrogens with zero attached hydrogens (tertiary/aromatic N) is 2. The summed E-state index contributed by atoms with van der Waals surface area (Å²) in [6.07, 6.45) is -2.77. The van der Waals surface area contributed by atoms with E-state index in [2.05, 4.69) is 15.0 Å². The Labute approximate surface area is 112 Å². The first-order chi connectivity index (χ1) is 9.42. The zero-order chi connectivity index (χ0) is 14.4. The number of alkyl halides is 3. The molecule has 108 valence electrons. The molecule has 0 aromatic carbocycles. The van der Waals surface area contributed by atoms with Gasteiger partial charge in [-0.05, 0) is 12.1 Å². The topological polar surface area (TPSA) is 54.5 Å². The van der Waals surface area contributed by atoms with Crippen molar-refractivity contribution in [1.82, 2.24) is 10.3 Å². The van der Waals surface area contributed by atoms with Gasteiger partial charge in [0.2, 0.25) is 0 Å². The first kappa shape index (κ1) is 13.2. The van der Waals surface area contributed by atoms with Gasteiger partial charge < -0.3 is 15.0 Å². The average Bonchev–Trinajstić information content (AvgIpc) is 2.33. The van der Waals surface area contributed by atoms with Crippen LogP contribution in [0.4, 0.5) is 18.9 Å². The third kappa shape index (κ3) is 2.00. The van der Waals surface area contributed by atoms with E-state index in [-0.39, 0.29) is 0 Å². The van der Waals surface area contributed by atoms with E-state index in [9.17, 15) is 18.0 Å². The Kier molecular flexibility index (Phi) is 2.86.